The lowest BCUT2D eigenvalue weighted by Gasteiger charge is -2.29. The Kier molecular flexibility index (Phi) is 5.40. The van der Waals surface area contributed by atoms with Crippen LogP contribution in [0.1, 0.15) is 6.42 Å². The summed E-state index contributed by atoms with van der Waals surface area (Å²) in [5.74, 6) is 0. The molecule has 0 saturated carbocycles. The lowest BCUT2D eigenvalue weighted by Crippen LogP contribution is -2.68. The van der Waals surface area contributed by atoms with Gasteiger partial charge in [0.05, 0.1) is 18.7 Å². The van der Waals surface area contributed by atoms with Crippen molar-refractivity contribution in [1.82, 2.24) is 0 Å². The first kappa shape index (κ1) is 16.7. The lowest BCUT2D eigenvalue weighted by molar-refractivity contribution is 0.350. The van der Waals surface area contributed by atoms with Crippen molar-refractivity contribution in [3.05, 3.63) is 91.0 Å². The molecule has 0 atom stereocenters. The van der Waals surface area contributed by atoms with Crippen LogP contribution in [0.2, 0.25) is 0 Å². The summed E-state index contributed by atoms with van der Waals surface area (Å²) in [4.78, 5) is 0. The first-order chi connectivity index (χ1) is 12.4. The van der Waals surface area contributed by atoms with E-state index in [-0.39, 0.29) is 6.42 Å². The lowest BCUT2D eigenvalue weighted by atomic mass is 10.3. The van der Waals surface area contributed by atoms with Crippen molar-refractivity contribution >= 4 is 30.1 Å². The van der Waals surface area contributed by atoms with Gasteiger partial charge in [-0.15, -0.1) is 5.16 Å². The highest BCUT2D eigenvalue weighted by Gasteiger charge is 2.44. The van der Waals surface area contributed by atoms with Gasteiger partial charge in [-0.25, -0.2) is 0 Å². The molecule has 0 spiro atoms. The predicted molar refractivity (Wildman–Crippen MR) is 104 cm³/mol. The minimum Gasteiger partial charge on any atom is -0.438 e. The number of hydrogen-bond acceptors (Lipinski definition) is 3. The van der Waals surface area contributed by atoms with Gasteiger partial charge in [0.1, 0.15) is 0 Å². The molecule has 0 unspecified atom stereocenters. The smallest absolute Gasteiger partial charge is 0.380 e. The van der Waals surface area contributed by atoms with Crippen LogP contribution in [0.3, 0.4) is 0 Å². The summed E-state index contributed by atoms with van der Waals surface area (Å²) >= 11 is 0. The summed E-state index contributed by atoms with van der Waals surface area (Å²) in [7, 11) is -2.78. The third kappa shape index (κ3) is 3.52. The molecular weight excluding hydrogens is 324 g/mol. The van der Waals surface area contributed by atoms with Gasteiger partial charge in [0, 0.05) is 0 Å². The number of nitrogens with zero attached hydrogens (tertiary/aromatic N) is 2. The van der Waals surface area contributed by atoms with Gasteiger partial charge < -0.3 is 4.53 Å². The van der Waals surface area contributed by atoms with Gasteiger partial charge in [0.2, 0.25) is 0 Å². The van der Waals surface area contributed by atoms with E-state index in [0.717, 1.165) is 15.6 Å². The molecule has 0 aliphatic rings. The largest absolute Gasteiger partial charge is 0.438 e. The Morgan fingerprint density at radius 3 is 1.52 bits per heavy atom. The maximum atomic E-state index is 8.76. The first-order valence-corrected chi connectivity index (χ1v) is 10.0. The predicted octanol–water partition coefficient (Wildman–Crippen LogP) is 2.57. The monoisotopic (exact) mass is 342 g/mol. The average molecular weight is 342 g/mol. The Bertz CT molecular complexity index is 762. The molecule has 0 heterocycles. The molecule has 122 valence electrons. The Balaban J connectivity index is 2.22. The molecule has 4 heteroatoms. The first-order valence-electron chi connectivity index (χ1n) is 8.11. The van der Waals surface area contributed by atoms with Crippen LogP contribution in [0.4, 0.5) is 0 Å². The Labute approximate surface area is 149 Å². The zero-order chi connectivity index (χ0) is 17.4. The van der Waals surface area contributed by atoms with Crippen molar-refractivity contribution in [1.29, 1.82) is 5.26 Å². The number of hydrogen-bond donors (Lipinski definition) is 0. The fraction of sp³-hybridized carbons (Fsp3) is 0.0476. The molecule has 0 aliphatic heterocycles. The van der Waals surface area contributed by atoms with Gasteiger partial charge in [0.25, 0.3) is 0 Å². The van der Waals surface area contributed by atoms with Crippen LogP contribution in [0, 0.1) is 11.3 Å². The van der Waals surface area contributed by atoms with Gasteiger partial charge in [-0.1, -0.05) is 91.0 Å². The van der Waals surface area contributed by atoms with E-state index in [4.69, 9.17) is 9.79 Å². The van der Waals surface area contributed by atoms with E-state index >= 15 is 0 Å². The van der Waals surface area contributed by atoms with Crippen LogP contribution in [0.25, 0.3) is 0 Å². The molecule has 0 bridgehead atoms. The Morgan fingerprint density at radius 1 is 0.760 bits per heavy atom. The summed E-state index contributed by atoms with van der Waals surface area (Å²) in [5, 5.41) is 16.3. The molecular formula is C21H18N2OSi. The van der Waals surface area contributed by atoms with E-state index in [1.54, 1.807) is 0 Å². The quantitative estimate of drug-likeness (QED) is 0.299. The molecule has 0 saturated heterocycles. The van der Waals surface area contributed by atoms with Crippen LogP contribution >= 0.6 is 0 Å². The standard InChI is InChI=1S/C21H18N2OSi/c22-17-10-18-23-24-25(19-11-4-1-5-12-19,20-13-6-2-7-14-20)21-15-8-3-9-16-21/h1-9,11-16,18H,10H2. The highest BCUT2D eigenvalue weighted by Crippen LogP contribution is 2.10. The maximum Gasteiger partial charge on any atom is 0.380 e. The third-order valence-corrected chi connectivity index (χ3v) is 7.81. The zero-order valence-electron chi connectivity index (χ0n) is 13.7. The van der Waals surface area contributed by atoms with Crippen molar-refractivity contribution in [3.8, 4) is 6.07 Å². The fourth-order valence-corrected chi connectivity index (χ4v) is 6.41. The van der Waals surface area contributed by atoms with Gasteiger partial charge in [-0.3, -0.25) is 0 Å². The summed E-state index contributed by atoms with van der Waals surface area (Å²) in [6.07, 6.45) is 1.75. The van der Waals surface area contributed by atoms with Gasteiger partial charge in [-0.05, 0) is 15.6 Å². The van der Waals surface area contributed by atoms with E-state index in [1.165, 1.54) is 6.21 Å². The second kappa shape index (κ2) is 8.09. The molecule has 25 heavy (non-hydrogen) atoms. The minimum absolute atomic E-state index is 0.225. The second-order valence-electron chi connectivity index (χ2n) is 5.52. The van der Waals surface area contributed by atoms with E-state index < -0.39 is 8.32 Å². The van der Waals surface area contributed by atoms with E-state index in [1.807, 2.05) is 54.6 Å². The topological polar surface area (TPSA) is 45.4 Å². The Hall–Kier alpha value is -3.16. The summed E-state index contributed by atoms with van der Waals surface area (Å²) in [5.41, 5.74) is 0. The SMILES string of the molecule is N#CCC=NO[Si](c1ccccc1)(c1ccccc1)c1ccccc1. The molecule has 3 rings (SSSR count). The summed E-state index contributed by atoms with van der Waals surface area (Å²) in [6, 6.07) is 32.7. The molecule has 3 nitrogen and oxygen atoms in total. The van der Waals surface area contributed by atoms with E-state index in [9.17, 15) is 0 Å². The summed E-state index contributed by atoms with van der Waals surface area (Å²) < 4.78 is 6.25. The van der Waals surface area contributed by atoms with Crippen LogP contribution in [-0.2, 0) is 4.53 Å². The van der Waals surface area contributed by atoms with E-state index in [0.29, 0.717) is 0 Å². The molecule has 0 fully saturated rings. The fourth-order valence-electron chi connectivity index (χ4n) is 2.87. The molecule has 3 aromatic rings. The molecule has 0 radical (unpaired) electrons. The average Bonchev–Trinajstić information content (AvgIpc) is 2.70. The molecule has 0 aromatic heterocycles. The molecule has 3 aromatic carbocycles. The van der Waals surface area contributed by atoms with Crippen LogP contribution in [-0.4, -0.2) is 14.5 Å². The number of rotatable bonds is 6. The van der Waals surface area contributed by atoms with Crippen molar-refractivity contribution in [2.75, 3.05) is 0 Å². The molecule has 0 N–H and O–H groups in total. The molecule has 0 aliphatic carbocycles. The van der Waals surface area contributed by atoms with Gasteiger partial charge >= 0.3 is 8.32 Å². The summed E-state index contributed by atoms with van der Waals surface area (Å²) in [6.45, 7) is 0. The van der Waals surface area contributed by atoms with Gasteiger partial charge in [0.15, 0.2) is 0 Å². The molecule has 0 amide bonds. The zero-order valence-corrected chi connectivity index (χ0v) is 14.7. The Morgan fingerprint density at radius 2 is 1.16 bits per heavy atom. The van der Waals surface area contributed by atoms with E-state index in [2.05, 4.69) is 47.6 Å². The van der Waals surface area contributed by atoms with Crippen LogP contribution in [0.5, 0.6) is 0 Å². The number of oxime groups is 1. The highest BCUT2D eigenvalue weighted by molar-refractivity contribution is 7.07. The number of nitriles is 1. The number of benzene rings is 3. The van der Waals surface area contributed by atoms with Crippen molar-refractivity contribution in [3.63, 3.8) is 0 Å². The third-order valence-electron chi connectivity index (χ3n) is 3.99. The maximum absolute atomic E-state index is 8.76. The van der Waals surface area contributed by atoms with Gasteiger partial charge in [-0.2, -0.15) is 5.26 Å². The van der Waals surface area contributed by atoms with Crippen LogP contribution < -0.4 is 15.6 Å². The van der Waals surface area contributed by atoms with Crippen molar-refractivity contribution in [2.45, 2.75) is 6.42 Å². The van der Waals surface area contributed by atoms with Crippen molar-refractivity contribution in [2.24, 2.45) is 5.16 Å². The highest BCUT2D eigenvalue weighted by atomic mass is 28.4. The minimum atomic E-state index is -2.78. The second-order valence-corrected chi connectivity index (χ2v) is 8.80. The van der Waals surface area contributed by atoms with Crippen molar-refractivity contribution < 1.29 is 4.53 Å². The normalized spacial score (nSPS) is 11.2. The van der Waals surface area contributed by atoms with Crippen LogP contribution in [0.15, 0.2) is 96.2 Å².